The van der Waals surface area contributed by atoms with E-state index < -0.39 is 0 Å². The molecular weight excluding hydrogens is 225 g/mol. The van der Waals surface area contributed by atoms with Crippen LogP contribution >= 0.6 is 11.6 Å². The van der Waals surface area contributed by atoms with Gasteiger partial charge in [0.1, 0.15) is 5.82 Å². The fraction of sp³-hybridized carbons (Fsp3) is 0.538. The van der Waals surface area contributed by atoms with Crippen molar-refractivity contribution in [2.75, 3.05) is 6.54 Å². The Morgan fingerprint density at radius 3 is 2.56 bits per heavy atom. The minimum Gasteiger partial charge on any atom is -0.330 e. The molecule has 1 aromatic rings. The van der Waals surface area contributed by atoms with Crippen molar-refractivity contribution in [3.8, 4) is 0 Å². The summed E-state index contributed by atoms with van der Waals surface area (Å²) >= 11 is 5.83. The highest BCUT2D eigenvalue weighted by Gasteiger charge is 2.61. The predicted octanol–water partition coefficient (Wildman–Crippen LogP) is 3.25. The van der Waals surface area contributed by atoms with Gasteiger partial charge >= 0.3 is 0 Å². The second kappa shape index (κ2) is 3.21. The fourth-order valence-electron chi connectivity index (χ4n) is 3.27. The van der Waals surface area contributed by atoms with Crippen LogP contribution in [0.4, 0.5) is 4.39 Å². The second-order valence-corrected chi connectivity index (χ2v) is 5.85. The maximum absolute atomic E-state index is 14.0. The Labute approximate surface area is 99.8 Å². The molecule has 3 rings (SSSR count). The van der Waals surface area contributed by atoms with Gasteiger partial charge in [-0.15, -0.1) is 0 Å². The largest absolute Gasteiger partial charge is 0.330 e. The van der Waals surface area contributed by atoms with E-state index in [9.17, 15) is 4.39 Å². The molecule has 2 N–H and O–H groups in total. The van der Waals surface area contributed by atoms with E-state index in [4.69, 9.17) is 17.3 Å². The summed E-state index contributed by atoms with van der Waals surface area (Å²) in [6.45, 7) is 0.520. The molecule has 0 aromatic heterocycles. The molecule has 2 fully saturated rings. The summed E-state index contributed by atoms with van der Waals surface area (Å²) in [6.07, 6.45) is 4.65. The number of benzene rings is 1. The Morgan fingerprint density at radius 2 is 2.00 bits per heavy atom. The second-order valence-electron chi connectivity index (χ2n) is 5.44. The molecule has 2 saturated carbocycles. The van der Waals surface area contributed by atoms with Crippen LogP contribution in [-0.4, -0.2) is 6.54 Å². The van der Waals surface area contributed by atoms with Gasteiger partial charge in [-0.3, -0.25) is 0 Å². The third-order valence-corrected chi connectivity index (χ3v) is 4.59. The summed E-state index contributed by atoms with van der Waals surface area (Å²) in [5.41, 5.74) is 6.94. The molecule has 3 heteroatoms. The van der Waals surface area contributed by atoms with Gasteiger partial charge in [0.05, 0.1) is 5.02 Å². The zero-order valence-corrected chi connectivity index (χ0v) is 9.86. The van der Waals surface area contributed by atoms with Crippen molar-refractivity contribution in [2.45, 2.75) is 31.1 Å². The first-order valence-electron chi connectivity index (χ1n) is 5.76. The number of nitrogens with two attached hydrogens (primary N) is 1. The van der Waals surface area contributed by atoms with Crippen molar-refractivity contribution in [3.05, 3.63) is 34.6 Å². The van der Waals surface area contributed by atoms with Gasteiger partial charge in [-0.05, 0) is 42.7 Å². The van der Waals surface area contributed by atoms with Gasteiger partial charge in [0, 0.05) is 12.0 Å². The lowest BCUT2D eigenvalue weighted by atomic mass is 9.56. The predicted molar refractivity (Wildman–Crippen MR) is 63.0 cm³/mol. The van der Waals surface area contributed by atoms with Gasteiger partial charge in [0.2, 0.25) is 0 Å². The van der Waals surface area contributed by atoms with Gasteiger partial charge in [0.15, 0.2) is 0 Å². The van der Waals surface area contributed by atoms with Crippen LogP contribution in [0.2, 0.25) is 5.02 Å². The number of rotatable bonds is 2. The minimum absolute atomic E-state index is 0.147. The van der Waals surface area contributed by atoms with Crippen molar-refractivity contribution < 1.29 is 4.39 Å². The monoisotopic (exact) mass is 239 g/mol. The summed E-state index contributed by atoms with van der Waals surface area (Å²) < 4.78 is 14.0. The maximum atomic E-state index is 14.0. The van der Waals surface area contributed by atoms with Crippen LogP contribution in [0.15, 0.2) is 18.2 Å². The summed E-state index contributed by atoms with van der Waals surface area (Å²) in [5.74, 6) is -0.273. The minimum atomic E-state index is -0.273. The summed E-state index contributed by atoms with van der Waals surface area (Å²) in [4.78, 5) is 0. The normalized spacial score (nSPS) is 24.2. The molecule has 0 aliphatic heterocycles. The third kappa shape index (κ3) is 1.33. The molecule has 16 heavy (non-hydrogen) atoms. The highest BCUT2D eigenvalue weighted by atomic mass is 35.5. The van der Waals surface area contributed by atoms with Crippen LogP contribution < -0.4 is 5.73 Å². The van der Waals surface area contributed by atoms with E-state index in [0.717, 1.165) is 18.4 Å². The Balaban J connectivity index is 1.98. The van der Waals surface area contributed by atoms with Crippen molar-refractivity contribution in [2.24, 2.45) is 11.1 Å². The fourth-order valence-corrected chi connectivity index (χ4v) is 3.45. The zero-order valence-electron chi connectivity index (χ0n) is 9.10. The molecule has 1 aromatic carbocycles. The molecule has 1 spiro atoms. The van der Waals surface area contributed by atoms with Crippen molar-refractivity contribution in [1.82, 2.24) is 0 Å². The highest BCUT2D eigenvalue weighted by Crippen LogP contribution is 2.68. The molecule has 0 bridgehead atoms. The summed E-state index contributed by atoms with van der Waals surface area (Å²) in [6, 6.07) is 5.25. The highest BCUT2D eigenvalue weighted by molar-refractivity contribution is 6.30. The molecule has 2 aliphatic rings. The van der Waals surface area contributed by atoms with Crippen LogP contribution in [0.25, 0.3) is 0 Å². The van der Waals surface area contributed by atoms with Crippen LogP contribution in [-0.2, 0) is 5.41 Å². The Bertz CT molecular complexity index is 432. The molecule has 0 saturated heterocycles. The first kappa shape index (κ1) is 10.5. The standard InChI is InChI=1S/C13H15ClFN/c14-10-3-1-2-9(11(10)15)13(8-16)6-12(7-13)4-5-12/h1-3H,4-8,16H2. The van der Waals surface area contributed by atoms with Crippen molar-refractivity contribution in [3.63, 3.8) is 0 Å². The lowest BCUT2D eigenvalue weighted by molar-refractivity contribution is 0.122. The Hall–Kier alpha value is -0.600. The molecular formula is C13H15ClFN. The average Bonchev–Trinajstić information content (AvgIpc) is 3.00. The molecule has 0 unspecified atom stereocenters. The van der Waals surface area contributed by atoms with Crippen molar-refractivity contribution in [1.29, 1.82) is 0 Å². The molecule has 0 heterocycles. The first-order valence-corrected chi connectivity index (χ1v) is 6.13. The first-order chi connectivity index (χ1) is 7.61. The number of hydrogen-bond donors (Lipinski definition) is 1. The Morgan fingerprint density at radius 1 is 1.31 bits per heavy atom. The molecule has 1 nitrogen and oxygen atoms in total. The van der Waals surface area contributed by atoms with E-state index in [0.29, 0.717) is 12.0 Å². The van der Waals surface area contributed by atoms with Gasteiger partial charge in [-0.2, -0.15) is 0 Å². The van der Waals surface area contributed by atoms with E-state index in [1.165, 1.54) is 12.8 Å². The Kier molecular flexibility index (Phi) is 2.11. The smallest absolute Gasteiger partial charge is 0.145 e. The van der Waals surface area contributed by atoms with E-state index in [2.05, 4.69) is 0 Å². The van der Waals surface area contributed by atoms with E-state index in [1.54, 1.807) is 6.07 Å². The lowest BCUT2D eigenvalue weighted by Crippen LogP contribution is -2.48. The lowest BCUT2D eigenvalue weighted by Gasteiger charge is -2.48. The number of hydrogen-bond acceptors (Lipinski definition) is 1. The molecule has 2 aliphatic carbocycles. The van der Waals surface area contributed by atoms with E-state index in [-0.39, 0.29) is 16.3 Å². The third-order valence-electron chi connectivity index (χ3n) is 4.30. The van der Waals surface area contributed by atoms with Gasteiger partial charge in [-0.25, -0.2) is 4.39 Å². The topological polar surface area (TPSA) is 26.0 Å². The molecule has 0 amide bonds. The van der Waals surface area contributed by atoms with Gasteiger partial charge in [0.25, 0.3) is 0 Å². The number of halogens is 2. The van der Waals surface area contributed by atoms with Gasteiger partial charge < -0.3 is 5.73 Å². The van der Waals surface area contributed by atoms with E-state index in [1.807, 2.05) is 12.1 Å². The quantitative estimate of drug-likeness (QED) is 0.843. The molecule has 0 radical (unpaired) electrons. The SMILES string of the molecule is NCC1(c2cccc(Cl)c2F)CC2(CC2)C1. The summed E-state index contributed by atoms with van der Waals surface area (Å²) in [5, 5.41) is 0.210. The summed E-state index contributed by atoms with van der Waals surface area (Å²) in [7, 11) is 0. The van der Waals surface area contributed by atoms with Crippen molar-refractivity contribution >= 4 is 11.6 Å². The average molecular weight is 240 g/mol. The zero-order chi connectivity index (χ0) is 11.4. The van der Waals surface area contributed by atoms with E-state index >= 15 is 0 Å². The van der Waals surface area contributed by atoms with Crippen LogP contribution in [0.1, 0.15) is 31.2 Å². The van der Waals surface area contributed by atoms with Crippen LogP contribution in [0.3, 0.4) is 0 Å². The van der Waals surface area contributed by atoms with Gasteiger partial charge in [-0.1, -0.05) is 23.7 Å². The molecule has 0 atom stereocenters. The molecule has 86 valence electrons. The van der Waals surface area contributed by atoms with Crippen LogP contribution in [0.5, 0.6) is 0 Å². The maximum Gasteiger partial charge on any atom is 0.145 e. The van der Waals surface area contributed by atoms with Crippen LogP contribution in [0, 0.1) is 11.2 Å².